The van der Waals surface area contributed by atoms with E-state index in [4.69, 9.17) is 8.85 Å². The minimum absolute atomic E-state index is 0. The smallest absolute Gasteiger partial charge is 0.320 e. The molecule has 0 rings (SSSR count). The van der Waals surface area contributed by atoms with Crippen LogP contribution in [0.4, 0.5) is 0 Å². The molecule has 3 nitrogen and oxygen atoms in total. The zero-order valence-corrected chi connectivity index (χ0v) is 19.3. The average Bonchev–Trinajstić information content (AvgIpc) is 2.54. The summed E-state index contributed by atoms with van der Waals surface area (Å²) < 4.78 is 12.2. The van der Waals surface area contributed by atoms with Gasteiger partial charge in [0.1, 0.15) is 0 Å². The van der Waals surface area contributed by atoms with Gasteiger partial charge in [0.05, 0.1) is 26.2 Å². The van der Waals surface area contributed by atoms with Gasteiger partial charge in [-0.05, 0) is 38.1 Å². The Morgan fingerprint density at radius 3 is 1.74 bits per heavy atom. The predicted octanol–water partition coefficient (Wildman–Crippen LogP) is 1.50. The van der Waals surface area contributed by atoms with Gasteiger partial charge in [0.25, 0.3) is 0 Å². The van der Waals surface area contributed by atoms with Crippen LogP contribution in [-0.4, -0.2) is 54.2 Å². The Kier molecular flexibility index (Phi) is 18.0. The maximum Gasteiger partial charge on any atom is 0.320 e. The first-order chi connectivity index (χ1) is 10.6. The third-order valence-electron chi connectivity index (χ3n) is 5.05. The Hall–Kier alpha value is 0.577. The van der Waals surface area contributed by atoms with Crippen LogP contribution >= 0.6 is 0 Å². The van der Waals surface area contributed by atoms with Gasteiger partial charge < -0.3 is 30.3 Å². The second kappa shape index (κ2) is 16.1. The highest BCUT2D eigenvalue weighted by atomic mass is 79.9. The van der Waals surface area contributed by atoms with E-state index in [-0.39, 0.29) is 17.0 Å². The number of rotatable bonds is 15. The van der Waals surface area contributed by atoms with Crippen molar-refractivity contribution in [3.8, 4) is 0 Å². The lowest BCUT2D eigenvalue weighted by Crippen LogP contribution is -3.00. The highest BCUT2D eigenvalue weighted by Crippen LogP contribution is 2.24. The number of halogens is 1. The summed E-state index contributed by atoms with van der Waals surface area (Å²) in [6.07, 6.45) is 10.6. The fourth-order valence-corrected chi connectivity index (χ4v) is 4.70. The van der Waals surface area contributed by atoms with Crippen molar-refractivity contribution in [3.63, 3.8) is 0 Å². The summed E-state index contributed by atoms with van der Waals surface area (Å²) in [7, 11) is 4.73. The number of nitrogens with zero attached hydrogens (tertiary/aromatic N) is 1. The van der Waals surface area contributed by atoms with E-state index < -0.39 is 9.28 Å². The first kappa shape index (κ1) is 25.8. The molecule has 142 valence electrons. The number of hydrogen-bond donors (Lipinski definition) is 0. The molecule has 0 spiro atoms. The highest BCUT2D eigenvalue weighted by Gasteiger charge is 2.30. The third-order valence-corrected chi connectivity index (χ3v) is 6.98. The van der Waals surface area contributed by atoms with Gasteiger partial charge >= 0.3 is 9.28 Å². The van der Waals surface area contributed by atoms with Crippen molar-refractivity contribution in [2.45, 2.75) is 84.2 Å². The quantitative estimate of drug-likeness (QED) is 0.300. The molecular weight excluding hydrogens is 370 g/mol. The topological polar surface area (TPSA) is 18.5 Å². The first-order valence-electron chi connectivity index (χ1n) is 9.47. The van der Waals surface area contributed by atoms with Gasteiger partial charge in [-0.15, -0.1) is 0 Å². The van der Waals surface area contributed by atoms with Gasteiger partial charge in [-0.1, -0.05) is 40.0 Å². The monoisotopic (exact) mass is 411 g/mol. The Morgan fingerprint density at radius 2 is 1.35 bits per heavy atom. The van der Waals surface area contributed by atoms with Crippen LogP contribution in [0.1, 0.15) is 72.1 Å². The van der Waals surface area contributed by atoms with Crippen molar-refractivity contribution >= 4 is 9.28 Å². The molecule has 0 aliphatic carbocycles. The zero-order chi connectivity index (χ0) is 16.8. The van der Waals surface area contributed by atoms with Gasteiger partial charge in [-0.3, -0.25) is 0 Å². The molecule has 0 fully saturated rings. The fraction of sp³-hybridized carbons (Fsp3) is 1.00. The lowest BCUT2D eigenvalue weighted by atomic mass is 10.0. The molecule has 0 N–H and O–H groups in total. The van der Waals surface area contributed by atoms with Gasteiger partial charge in [0.2, 0.25) is 0 Å². The summed E-state index contributed by atoms with van der Waals surface area (Å²) >= 11 is 0. The molecule has 0 bridgehead atoms. The fourth-order valence-electron chi connectivity index (χ4n) is 3.47. The maximum absolute atomic E-state index is 5.47. The minimum Gasteiger partial charge on any atom is -1.00 e. The van der Waals surface area contributed by atoms with Crippen molar-refractivity contribution in [1.82, 2.24) is 0 Å². The molecule has 0 aromatic rings. The van der Waals surface area contributed by atoms with Crippen molar-refractivity contribution < 1.29 is 30.3 Å². The lowest BCUT2D eigenvalue weighted by Gasteiger charge is -2.42. The van der Waals surface area contributed by atoms with Gasteiger partial charge in [-0.2, -0.15) is 0 Å². The standard InChI is InChI=1S/C18H42NO2Si.BrH/c1-7-10-15-19(4,16-11-8-2)18(13-9-3)14-12-17-22(20-5)21-6;/h18,22H,7-17H2,1-6H3;1H/q+1;/p-1. The molecule has 1 atom stereocenters. The molecule has 0 aromatic heterocycles. The van der Waals surface area contributed by atoms with Crippen molar-refractivity contribution in [3.05, 3.63) is 0 Å². The van der Waals surface area contributed by atoms with E-state index in [0.29, 0.717) is 0 Å². The predicted molar refractivity (Wildman–Crippen MR) is 99.6 cm³/mol. The van der Waals surface area contributed by atoms with E-state index in [2.05, 4.69) is 27.8 Å². The van der Waals surface area contributed by atoms with Crippen LogP contribution < -0.4 is 17.0 Å². The Labute approximate surface area is 158 Å². The summed E-state index contributed by atoms with van der Waals surface area (Å²) in [5, 5.41) is 0. The van der Waals surface area contributed by atoms with Crippen molar-refractivity contribution in [2.75, 3.05) is 34.4 Å². The Bertz CT molecular complexity index is 245. The molecule has 0 amide bonds. The summed E-state index contributed by atoms with van der Waals surface area (Å²) in [5.41, 5.74) is 0. The Balaban J connectivity index is 0. The molecule has 23 heavy (non-hydrogen) atoms. The molecule has 0 saturated carbocycles. The van der Waals surface area contributed by atoms with Gasteiger partial charge in [-0.25, -0.2) is 0 Å². The van der Waals surface area contributed by atoms with E-state index in [9.17, 15) is 0 Å². The molecule has 5 heteroatoms. The molecule has 1 unspecified atom stereocenters. The van der Waals surface area contributed by atoms with E-state index >= 15 is 0 Å². The Morgan fingerprint density at radius 1 is 0.826 bits per heavy atom. The largest absolute Gasteiger partial charge is 1.00 e. The van der Waals surface area contributed by atoms with Crippen LogP contribution in [0.25, 0.3) is 0 Å². The van der Waals surface area contributed by atoms with Crippen molar-refractivity contribution in [2.24, 2.45) is 0 Å². The summed E-state index contributed by atoms with van der Waals surface area (Å²) in [4.78, 5) is 0. The minimum atomic E-state index is -1.38. The van der Waals surface area contributed by atoms with Crippen LogP contribution in [0.2, 0.25) is 6.04 Å². The van der Waals surface area contributed by atoms with Crippen LogP contribution in [0, 0.1) is 0 Å². The SMILES string of the molecule is CCCC[N+](C)(CCCC)C(CCC)CCC[SiH](OC)OC.[Br-]. The molecule has 0 saturated heterocycles. The summed E-state index contributed by atoms with van der Waals surface area (Å²) in [6.45, 7) is 9.64. The molecular formula is C18H42BrNO2Si. The zero-order valence-electron chi connectivity index (χ0n) is 16.6. The third kappa shape index (κ3) is 10.9. The van der Waals surface area contributed by atoms with E-state index in [1.807, 2.05) is 0 Å². The van der Waals surface area contributed by atoms with Gasteiger partial charge in [0, 0.05) is 14.2 Å². The molecule has 0 aromatic carbocycles. The first-order valence-corrected chi connectivity index (χ1v) is 11.2. The van der Waals surface area contributed by atoms with Crippen LogP contribution in [0.15, 0.2) is 0 Å². The molecule has 0 radical (unpaired) electrons. The maximum atomic E-state index is 5.47. The lowest BCUT2D eigenvalue weighted by molar-refractivity contribution is -0.934. The summed E-state index contributed by atoms with van der Waals surface area (Å²) in [5.74, 6) is 0. The molecule has 0 heterocycles. The molecule has 0 aliphatic heterocycles. The highest BCUT2D eigenvalue weighted by molar-refractivity contribution is 6.44. The van der Waals surface area contributed by atoms with Crippen LogP contribution in [0.3, 0.4) is 0 Å². The van der Waals surface area contributed by atoms with E-state index in [1.165, 1.54) is 68.9 Å². The second-order valence-electron chi connectivity index (χ2n) is 6.91. The summed E-state index contributed by atoms with van der Waals surface area (Å²) in [6, 6.07) is 1.96. The van der Waals surface area contributed by atoms with E-state index in [1.54, 1.807) is 14.2 Å². The second-order valence-corrected chi connectivity index (χ2v) is 9.29. The number of unbranched alkanes of at least 4 members (excludes halogenated alkanes) is 2. The van der Waals surface area contributed by atoms with Crippen LogP contribution in [0.5, 0.6) is 0 Å². The van der Waals surface area contributed by atoms with E-state index in [0.717, 1.165) is 12.1 Å². The van der Waals surface area contributed by atoms with Gasteiger partial charge in [0.15, 0.2) is 0 Å². The normalized spacial score (nSPS) is 13.2. The van der Waals surface area contributed by atoms with Crippen molar-refractivity contribution in [1.29, 1.82) is 0 Å². The number of quaternary nitrogens is 1. The average molecular weight is 413 g/mol. The van der Waals surface area contributed by atoms with Crippen LogP contribution in [-0.2, 0) is 8.85 Å². The molecule has 0 aliphatic rings. The number of hydrogen-bond acceptors (Lipinski definition) is 2.